The number of phenols is 1. The van der Waals surface area contributed by atoms with Gasteiger partial charge in [-0.15, -0.1) is 11.6 Å². The fourth-order valence-electron chi connectivity index (χ4n) is 1.06. The van der Waals surface area contributed by atoms with E-state index in [0.29, 0.717) is 6.54 Å². The van der Waals surface area contributed by atoms with Gasteiger partial charge in [-0.2, -0.15) is 0 Å². The first-order valence-corrected chi connectivity index (χ1v) is 4.86. The van der Waals surface area contributed by atoms with Gasteiger partial charge in [-0.1, -0.05) is 41.8 Å². The van der Waals surface area contributed by atoms with E-state index in [0.717, 1.165) is 12.0 Å². The molecule has 0 bridgehead atoms. The fraction of sp³-hybridized carbons (Fsp3) is 0.500. The van der Waals surface area contributed by atoms with Crippen LogP contribution in [0.3, 0.4) is 0 Å². The highest BCUT2D eigenvalue weighted by Gasteiger charge is 1.97. The van der Waals surface area contributed by atoms with Crippen molar-refractivity contribution in [1.82, 2.24) is 5.32 Å². The number of hydrogen-bond acceptors (Lipinski definition) is 2. The molecule has 3 nitrogen and oxygen atoms in total. The molecule has 2 N–H and O–H groups in total. The number of aromatic hydroxyl groups is 1. The lowest BCUT2D eigenvalue weighted by Gasteiger charge is -2.03. The molecule has 18 heavy (non-hydrogen) atoms. The van der Waals surface area contributed by atoms with Crippen LogP contribution in [0, 0.1) is 0 Å². The maximum absolute atomic E-state index is 10.8. The monoisotopic (exact) mass is 277 g/mol. The van der Waals surface area contributed by atoms with Crippen molar-refractivity contribution in [1.29, 1.82) is 0 Å². The van der Waals surface area contributed by atoms with Crippen LogP contribution in [0.2, 0.25) is 0 Å². The summed E-state index contributed by atoms with van der Waals surface area (Å²) in [6.07, 6.45) is 0.739. The topological polar surface area (TPSA) is 49.3 Å². The number of amides is 1. The molecule has 108 valence electrons. The molecule has 0 radical (unpaired) electrons. The number of rotatable bonds is 4. The molecule has 1 amide bonds. The van der Waals surface area contributed by atoms with Gasteiger partial charge in [0, 0.05) is 6.54 Å². The van der Waals surface area contributed by atoms with Crippen LogP contribution in [-0.4, -0.2) is 23.4 Å². The second-order valence-electron chi connectivity index (χ2n) is 2.90. The third-order valence-electron chi connectivity index (χ3n) is 1.79. The molecule has 0 aliphatic rings. The number of carbonyl (C=O) groups excluding carboxylic acids is 1. The number of phenolic OH excluding ortho intramolecular Hbond substituents is 1. The normalized spacial score (nSPS) is 7.61. The van der Waals surface area contributed by atoms with E-state index in [1.165, 1.54) is 0 Å². The predicted octanol–water partition coefficient (Wildman–Crippen LogP) is 3.83. The number of benzene rings is 1. The van der Waals surface area contributed by atoms with Gasteiger partial charge in [-0.05, 0) is 24.1 Å². The maximum Gasteiger partial charge on any atom is 0.234 e. The Hall–Kier alpha value is -1.22. The zero-order valence-corrected chi connectivity index (χ0v) is 8.42. The summed E-state index contributed by atoms with van der Waals surface area (Å²) in [5.74, 6) is 0.0826. The van der Waals surface area contributed by atoms with Crippen molar-refractivity contribution in [3.63, 3.8) is 0 Å². The van der Waals surface area contributed by atoms with E-state index >= 15 is 0 Å². The van der Waals surface area contributed by atoms with Crippen molar-refractivity contribution in [2.24, 2.45) is 0 Å². The number of hydrogen-bond donors (Lipinski definition) is 2. The average Bonchev–Trinajstić information content (AvgIpc) is 2.21. The summed E-state index contributed by atoms with van der Waals surface area (Å²) in [5, 5.41) is 11.7. The van der Waals surface area contributed by atoms with Crippen molar-refractivity contribution in [3.8, 4) is 5.75 Å². The van der Waals surface area contributed by atoms with Crippen LogP contribution >= 0.6 is 11.6 Å². The molecule has 0 unspecified atom stereocenters. The first-order valence-electron chi connectivity index (χ1n) is 4.33. The molecule has 0 fully saturated rings. The van der Waals surface area contributed by atoms with Crippen LogP contribution in [0.1, 0.15) is 35.3 Å². The summed E-state index contributed by atoms with van der Waals surface area (Å²) in [7, 11) is 0. The van der Waals surface area contributed by atoms with Gasteiger partial charge in [0.1, 0.15) is 11.6 Å². The number of alkyl halides is 1. The minimum absolute atomic E-state index is 0. The fourth-order valence-corrected chi connectivity index (χ4v) is 1.15. The molecular formula is C14H28ClNO2. The molecule has 0 aliphatic heterocycles. The van der Waals surface area contributed by atoms with E-state index in [1.54, 1.807) is 12.1 Å². The van der Waals surface area contributed by atoms with Crippen LogP contribution in [0.25, 0.3) is 0 Å². The molecule has 0 aliphatic carbocycles. The first kappa shape index (κ1) is 25.6. The lowest BCUT2D eigenvalue weighted by molar-refractivity contribution is -0.118. The van der Waals surface area contributed by atoms with Gasteiger partial charge in [0.25, 0.3) is 0 Å². The van der Waals surface area contributed by atoms with E-state index in [9.17, 15) is 4.79 Å². The zero-order valence-electron chi connectivity index (χ0n) is 7.66. The summed E-state index contributed by atoms with van der Waals surface area (Å²) in [4.78, 5) is 10.8. The van der Waals surface area contributed by atoms with Gasteiger partial charge in [-0.3, -0.25) is 4.79 Å². The van der Waals surface area contributed by atoms with Crippen LogP contribution in [0.5, 0.6) is 5.75 Å². The van der Waals surface area contributed by atoms with E-state index in [-0.39, 0.29) is 47.2 Å². The highest BCUT2D eigenvalue weighted by molar-refractivity contribution is 6.27. The summed E-state index contributed by atoms with van der Waals surface area (Å²) >= 11 is 5.31. The van der Waals surface area contributed by atoms with Crippen LogP contribution in [0.4, 0.5) is 0 Å². The Morgan fingerprint density at radius 2 is 1.61 bits per heavy atom. The Kier molecular flexibility index (Phi) is 19.7. The average molecular weight is 278 g/mol. The highest BCUT2D eigenvalue weighted by atomic mass is 35.5. The largest absolute Gasteiger partial charge is 0.508 e. The molecular weight excluding hydrogens is 250 g/mol. The molecule has 0 saturated carbocycles. The second kappa shape index (κ2) is 13.8. The Morgan fingerprint density at radius 1 is 1.11 bits per heavy atom. The van der Waals surface area contributed by atoms with E-state index < -0.39 is 0 Å². The maximum atomic E-state index is 10.8. The molecule has 0 atom stereocenters. The van der Waals surface area contributed by atoms with Gasteiger partial charge in [0.2, 0.25) is 5.91 Å². The molecule has 1 aromatic carbocycles. The zero-order chi connectivity index (χ0) is 10.4. The number of carbonyl (C=O) groups is 1. The molecule has 0 spiro atoms. The van der Waals surface area contributed by atoms with Crippen molar-refractivity contribution >= 4 is 17.5 Å². The summed E-state index contributed by atoms with van der Waals surface area (Å²) < 4.78 is 0. The van der Waals surface area contributed by atoms with Gasteiger partial charge in [0.05, 0.1) is 0 Å². The summed E-state index contributed by atoms with van der Waals surface area (Å²) in [6, 6.07) is 6.89. The van der Waals surface area contributed by atoms with E-state index in [4.69, 9.17) is 16.7 Å². The molecule has 1 rings (SSSR count). The lowest BCUT2D eigenvalue weighted by atomic mass is 10.1. The van der Waals surface area contributed by atoms with Gasteiger partial charge >= 0.3 is 0 Å². The molecule has 1 aromatic rings. The van der Waals surface area contributed by atoms with E-state index in [2.05, 4.69) is 5.32 Å². The van der Waals surface area contributed by atoms with Crippen molar-refractivity contribution in [3.05, 3.63) is 29.8 Å². The molecule has 0 saturated heterocycles. The third kappa shape index (κ3) is 9.97. The highest BCUT2D eigenvalue weighted by Crippen LogP contribution is 2.09. The van der Waals surface area contributed by atoms with Crippen molar-refractivity contribution in [2.75, 3.05) is 12.4 Å². The van der Waals surface area contributed by atoms with E-state index in [1.807, 2.05) is 12.1 Å². The SMILES string of the molecule is C.C.C.C.O=C(CCl)NCCc1ccc(O)cc1. The molecule has 4 heteroatoms. The molecule has 0 heterocycles. The van der Waals surface area contributed by atoms with Crippen LogP contribution in [0.15, 0.2) is 24.3 Å². The van der Waals surface area contributed by atoms with Gasteiger partial charge in [-0.25, -0.2) is 0 Å². The minimum atomic E-state index is -0.162. The molecule has 0 aromatic heterocycles. The Labute approximate surface area is 117 Å². The van der Waals surface area contributed by atoms with Crippen LogP contribution < -0.4 is 5.32 Å². The quantitative estimate of drug-likeness (QED) is 0.822. The Morgan fingerprint density at radius 3 is 2.06 bits per heavy atom. The second-order valence-corrected chi connectivity index (χ2v) is 3.17. The van der Waals surface area contributed by atoms with Crippen LogP contribution in [-0.2, 0) is 11.2 Å². The standard InChI is InChI=1S/C10H12ClNO2.4CH4/c11-7-10(14)12-6-5-8-1-3-9(13)4-2-8;;;;/h1-4,13H,5-7H2,(H,12,14);4*1H4. The predicted molar refractivity (Wildman–Crippen MR) is 82.5 cm³/mol. The summed E-state index contributed by atoms with van der Waals surface area (Å²) in [6.45, 7) is 0.566. The summed E-state index contributed by atoms with van der Waals surface area (Å²) in [5.41, 5.74) is 1.07. The van der Waals surface area contributed by atoms with Crippen molar-refractivity contribution < 1.29 is 9.90 Å². The number of halogens is 1. The minimum Gasteiger partial charge on any atom is -0.508 e. The Bertz CT molecular complexity index is 299. The third-order valence-corrected chi connectivity index (χ3v) is 2.04. The lowest BCUT2D eigenvalue weighted by Crippen LogP contribution is -2.26. The van der Waals surface area contributed by atoms with Gasteiger partial charge < -0.3 is 10.4 Å². The van der Waals surface area contributed by atoms with Gasteiger partial charge in [0.15, 0.2) is 0 Å². The number of nitrogens with one attached hydrogen (secondary N) is 1. The van der Waals surface area contributed by atoms with Crippen molar-refractivity contribution in [2.45, 2.75) is 36.1 Å². The smallest absolute Gasteiger partial charge is 0.234 e. The first-order chi connectivity index (χ1) is 6.72. The Balaban J connectivity index is -0.000000245.